The smallest absolute Gasteiger partial charge is 0.317 e. The third-order valence-corrected chi connectivity index (χ3v) is 4.72. The number of benzene rings is 1. The number of amides is 2. The Hall–Kier alpha value is -2.14. The second-order valence-electron chi connectivity index (χ2n) is 6.41. The number of hydrogen-bond acceptors (Lipinski definition) is 3. The van der Waals surface area contributed by atoms with Crippen LogP contribution in [0.2, 0.25) is 5.02 Å². The molecule has 6 heteroatoms. The fourth-order valence-corrected chi connectivity index (χ4v) is 3.02. The van der Waals surface area contributed by atoms with Gasteiger partial charge in [-0.05, 0) is 36.0 Å². The maximum atomic E-state index is 12.6. The van der Waals surface area contributed by atoms with Crippen LogP contribution in [0.25, 0.3) is 0 Å². The van der Waals surface area contributed by atoms with Crippen molar-refractivity contribution in [1.29, 1.82) is 0 Å². The highest BCUT2D eigenvalue weighted by Gasteiger charge is 2.41. The van der Waals surface area contributed by atoms with Gasteiger partial charge in [-0.3, -0.25) is 9.97 Å². The number of carbonyl (C=O) groups excluding carboxylic acids is 1. The summed E-state index contributed by atoms with van der Waals surface area (Å²) in [5.74, 6) is 1.09. The Morgan fingerprint density at radius 2 is 2.08 bits per heavy atom. The Morgan fingerprint density at radius 3 is 2.67 bits per heavy atom. The molecule has 0 aliphatic heterocycles. The predicted molar refractivity (Wildman–Crippen MR) is 93.5 cm³/mol. The van der Waals surface area contributed by atoms with Crippen molar-refractivity contribution in [2.24, 2.45) is 11.8 Å². The van der Waals surface area contributed by atoms with Crippen LogP contribution < -0.4 is 5.32 Å². The lowest BCUT2D eigenvalue weighted by Crippen LogP contribution is -2.40. The summed E-state index contributed by atoms with van der Waals surface area (Å²) >= 11 is 5.98. The van der Waals surface area contributed by atoms with Crippen molar-refractivity contribution in [3.8, 4) is 0 Å². The summed E-state index contributed by atoms with van der Waals surface area (Å²) in [6.07, 6.45) is 6.04. The summed E-state index contributed by atoms with van der Waals surface area (Å²) in [6, 6.07) is 7.61. The van der Waals surface area contributed by atoms with E-state index in [1.807, 2.05) is 24.3 Å². The lowest BCUT2D eigenvalue weighted by atomic mass is 10.0. The van der Waals surface area contributed by atoms with Crippen LogP contribution >= 0.6 is 11.6 Å². The molecule has 1 heterocycles. The fourth-order valence-electron chi connectivity index (χ4n) is 2.89. The van der Waals surface area contributed by atoms with Crippen LogP contribution in [-0.4, -0.2) is 27.9 Å². The van der Waals surface area contributed by atoms with Crippen molar-refractivity contribution in [2.75, 3.05) is 7.05 Å². The lowest BCUT2D eigenvalue weighted by molar-refractivity contribution is 0.200. The largest absolute Gasteiger partial charge is 0.331 e. The van der Waals surface area contributed by atoms with E-state index in [-0.39, 0.29) is 12.1 Å². The highest BCUT2D eigenvalue weighted by Crippen LogP contribution is 2.47. The van der Waals surface area contributed by atoms with Gasteiger partial charge >= 0.3 is 6.03 Å². The minimum atomic E-state index is -0.111. The van der Waals surface area contributed by atoms with Gasteiger partial charge in [-0.2, -0.15) is 0 Å². The Kier molecular flexibility index (Phi) is 5.00. The van der Waals surface area contributed by atoms with Crippen LogP contribution in [0.15, 0.2) is 42.9 Å². The Bertz CT molecular complexity index is 692. The first-order chi connectivity index (χ1) is 11.5. The number of urea groups is 1. The van der Waals surface area contributed by atoms with E-state index in [9.17, 15) is 4.79 Å². The highest BCUT2D eigenvalue weighted by molar-refractivity contribution is 6.30. The maximum absolute atomic E-state index is 12.6. The molecule has 1 aromatic carbocycles. The summed E-state index contributed by atoms with van der Waals surface area (Å²) in [5, 5.41) is 3.86. The number of nitrogens with zero attached hydrogens (tertiary/aromatic N) is 3. The summed E-state index contributed by atoms with van der Waals surface area (Å²) < 4.78 is 0. The number of hydrogen-bond donors (Lipinski definition) is 1. The third kappa shape index (κ3) is 4.03. The maximum Gasteiger partial charge on any atom is 0.317 e. The van der Waals surface area contributed by atoms with E-state index in [4.69, 9.17) is 11.6 Å². The zero-order valence-electron chi connectivity index (χ0n) is 13.8. The van der Waals surface area contributed by atoms with Gasteiger partial charge in [0.15, 0.2) is 0 Å². The van der Waals surface area contributed by atoms with Gasteiger partial charge in [0, 0.05) is 24.5 Å². The molecule has 1 aliphatic rings. The summed E-state index contributed by atoms with van der Waals surface area (Å²) in [4.78, 5) is 22.4. The van der Waals surface area contributed by atoms with E-state index in [1.54, 1.807) is 30.5 Å². The van der Waals surface area contributed by atoms with Crippen LogP contribution in [0.3, 0.4) is 0 Å². The molecule has 1 aliphatic carbocycles. The molecule has 24 heavy (non-hydrogen) atoms. The van der Waals surface area contributed by atoms with Gasteiger partial charge in [-0.1, -0.05) is 30.7 Å². The van der Waals surface area contributed by atoms with Crippen LogP contribution in [0.1, 0.15) is 30.6 Å². The molecular formula is C18H21ClN4O. The Morgan fingerprint density at radius 1 is 1.38 bits per heavy atom. The molecule has 0 spiro atoms. The number of rotatable bonds is 5. The minimum Gasteiger partial charge on any atom is -0.331 e. The zero-order valence-corrected chi connectivity index (χ0v) is 14.6. The van der Waals surface area contributed by atoms with E-state index in [0.717, 1.165) is 17.7 Å². The standard InChI is InChI=1S/C18H21ClN4O/c1-12-9-16(12)17(13-3-5-14(19)6-4-13)22-18(24)23(2)11-15-10-20-7-8-21-15/h3-8,10,12,16-17H,9,11H2,1-2H3,(H,22,24)/t12-,16-,17+/m1/s1. The first-order valence-electron chi connectivity index (χ1n) is 8.06. The number of carbonyl (C=O) groups is 1. The Labute approximate surface area is 147 Å². The SMILES string of the molecule is C[C@@H]1C[C@H]1[C@@H](NC(=O)N(C)Cc1cnccn1)c1ccc(Cl)cc1. The minimum absolute atomic E-state index is 0.00840. The molecule has 5 nitrogen and oxygen atoms in total. The number of aromatic nitrogens is 2. The van der Waals surface area contributed by atoms with Gasteiger partial charge in [0.2, 0.25) is 0 Å². The topological polar surface area (TPSA) is 58.1 Å². The van der Waals surface area contributed by atoms with E-state index in [1.165, 1.54) is 0 Å². The summed E-state index contributed by atoms with van der Waals surface area (Å²) in [5.41, 5.74) is 1.85. The van der Waals surface area contributed by atoms with E-state index >= 15 is 0 Å². The van der Waals surface area contributed by atoms with Gasteiger partial charge < -0.3 is 10.2 Å². The molecule has 3 atom stereocenters. The monoisotopic (exact) mass is 344 g/mol. The molecule has 0 bridgehead atoms. The Balaban J connectivity index is 1.68. The van der Waals surface area contributed by atoms with Crippen molar-refractivity contribution < 1.29 is 4.79 Å². The first-order valence-corrected chi connectivity index (χ1v) is 8.44. The molecule has 0 radical (unpaired) electrons. The van der Waals surface area contributed by atoms with Crippen molar-refractivity contribution in [1.82, 2.24) is 20.2 Å². The van der Waals surface area contributed by atoms with Gasteiger partial charge in [0.05, 0.1) is 24.5 Å². The zero-order chi connectivity index (χ0) is 17.1. The number of nitrogens with one attached hydrogen (secondary N) is 1. The normalized spacial score (nSPS) is 20.3. The molecule has 0 unspecified atom stereocenters. The van der Waals surface area contributed by atoms with Crippen LogP contribution in [-0.2, 0) is 6.54 Å². The summed E-state index contributed by atoms with van der Waals surface area (Å²) in [6.45, 7) is 2.64. The molecule has 1 fully saturated rings. The molecule has 2 aromatic rings. The van der Waals surface area contributed by atoms with Crippen molar-refractivity contribution in [2.45, 2.75) is 25.9 Å². The fraction of sp³-hybridized carbons (Fsp3) is 0.389. The quantitative estimate of drug-likeness (QED) is 0.900. The molecule has 1 saturated carbocycles. The second-order valence-corrected chi connectivity index (χ2v) is 6.84. The molecule has 1 N–H and O–H groups in total. The van der Waals surface area contributed by atoms with E-state index in [0.29, 0.717) is 23.4 Å². The molecule has 2 amide bonds. The predicted octanol–water partition coefficient (Wildman–Crippen LogP) is 3.67. The summed E-state index contributed by atoms with van der Waals surface area (Å²) in [7, 11) is 1.76. The van der Waals surface area contributed by atoms with Gasteiger partial charge in [0.25, 0.3) is 0 Å². The molecular weight excluding hydrogens is 324 g/mol. The molecule has 0 saturated heterocycles. The van der Waals surface area contributed by atoms with Crippen molar-refractivity contribution in [3.63, 3.8) is 0 Å². The van der Waals surface area contributed by atoms with Gasteiger partial charge in [0.1, 0.15) is 0 Å². The highest BCUT2D eigenvalue weighted by atomic mass is 35.5. The van der Waals surface area contributed by atoms with Crippen molar-refractivity contribution in [3.05, 3.63) is 59.1 Å². The second kappa shape index (κ2) is 7.18. The molecule has 1 aromatic heterocycles. The van der Waals surface area contributed by atoms with Crippen molar-refractivity contribution >= 4 is 17.6 Å². The average Bonchev–Trinajstić information content (AvgIpc) is 3.30. The first kappa shape index (κ1) is 16.7. The van der Waals surface area contributed by atoms with Gasteiger partial charge in [-0.25, -0.2) is 4.79 Å². The molecule has 3 rings (SSSR count). The van der Waals surface area contributed by atoms with Crippen LogP contribution in [0, 0.1) is 11.8 Å². The average molecular weight is 345 g/mol. The van der Waals surface area contributed by atoms with Gasteiger partial charge in [-0.15, -0.1) is 0 Å². The third-order valence-electron chi connectivity index (χ3n) is 4.47. The number of halogens is 1. The van der Waals surface area contributed by atoms with Crippen LogP contribution in [0.5, 0.6) is 0 Å². The van der Waals surface area contributed by atoms with Crippen LogP contribution in [0.4, 0.5) is 4.79 Å². The lowest BCUT2D eigenvalue weighted by Gasteiger charge is -2.24. The molecule has 126 valence electrons. The van der Waals surface area contributed by atoms with E-state index < -0.39 is 0 Å². The van der Waals surface area contributed by atoms with E-state index in [2.05, 4.69) is 22.2 Å².